The van der Waals surface area contributed by atoms with E-state index in [1.54, 1.807) is 7.05 Å². The Morgan fingerprint density at radius 3 is 2.68 bits per heavy atom. The molecule has 5 rings (SSSR count). The summed E-state index contributed by atoms with van der Waals surface area (Å²) in [5.74, 6) is 0.516. The van der Waals surface area contributed by atoms with Crippen LogP contribution in [0, 0.1) is 11.3 Å². The second-order valence-electron chi connectivity index (χ2n) is 9.39. The maximum atomic E-state index is 13.3. The number of fused-ring (bicyclic) bond motifs is 1. The summed E-state index contributed by atoms with van der Waals surface area (Å²) >= 11 is 6.60. The van der Waals surface area contributed by atoms with Gasteiger partial charge in [-0.1, -0.05) is 11.6 Å². The number of ether oxygens (including phenoxy) is 1. The summed E-state index contributed by atoms with van der Waals surface area (Å²) in [4.78, 5) is 39.0. The van der Waals surface area contributed by atoms with E-state index in [2.05, 4.69) is 25.6 Å². The number of aliphatic imine (C=N–C) groups is 1. The van der Waals surface area contributed by atoms with Gasteiger partial charge in [-0.25, -0.2) is 9.98 Å². The number of alkyl halides is 3. The average Bonchev–Trinajstić information content (AvgIpc) is 3.74. The summed E-state index contributed by atoms with van der Waals surface area (Å²) in [6.07, 6.45) is 2.91. The fraction of sp³-hybridized carbons (Fsp3) is 0.280. The molecule has 1 aliphatic heterocycles. The number of nitrogens with one attached hydrogen (secondary N) is 3. The number of halogens is 4. The Morgan fingerprint density at radius 2 is 2.07 bits per heavy atom. The zero-order chi connectivity index (χ0) is 29.6. The summed E-state index contributed by atoms with van der Waals surface area (Å²) in [6.45, 7) is 0. The molecule has 214 valence electrons. The maximum Gasteiger partial charge on any atom is 0.417 e. The van der Waals surface area contributed by atoms with E-state index >= 15 is 0 Å². The molecule has 1 aliphatic carbocycles. The number of amides is 1. The van der Waals surface area contributed by atoms with Crippen LogP contribution in [0.15, 0.2) is 51.7 Å². The molecule has 0 unspecified atom stereocenters. The molecule has 0 bridgehead atoms. The van der Waals surface area contributed by atoms with Gasteiger partial charge in [0.05, 0.1) is 24.2 Å². The highest BCUT2D eigenvalue weighted by Gasteiger charge is 2.34. The van der Waals surface area contributed by atoms with Crippen LogP contribution in [-0.4, -0.2) is 49.4 Å². The molecule has 0 atom stereocenters. The number of hydrogen-bond acceptors (Lipinski definition) is 9. The lowest BCUT2D eigenvalue weighted by Gasteiger charge is -2.21. The first-order chi connectivity index (χ1) is 19.4. The lowest BCUT2D eigenvalue weighted by Crippen LogP contribution is -2.30. The number of anilines is 2. The molecular weight excluding hydrogens is 567 g/mol. The summed E-state index contributed by atoms with van der Waals surface area (Å²) in [5, 5.41) is 13.5. The van der Waals surface area contributed by atoms with Gasteiger partial charge >= 0.3 is 6.18 Å². The number of pyridine rings is 2. The van der Waals surface area contributed by atoms with E-state index in [4.69, 9.17) is 21.7 Å². The minimum atomic E-state index is -4.66. The number of nitrogens with zero attached hydrogens (tertiary/aromatic N) is 6. The van der Waals surface area contributed by atoms with Crippen molar-refractivity contribution in [3.63, 3.8) is 0 Å². The predicted molar refractivity (Wildman–Crippen MR) is 145 cm³/mol. The van der Waals surface area contributed by atoms with Crippen LogP contribution in [0.25, 0.3) is 11.2 Å². The molecule has 1 saturated carbocycles. The molecule has 3 aromatic heterocycles. The summed E-state index contributed by atoms with van der Waals surface area (Å²) < 4.78 is 48.0. The standard InChI is InChI=1S/C25H23ClF3N9O3/c1-36-11-13(25(27,28)29)6-14(23(36)40)34-24-35-21-20(38(24)3)19(26)17(9-33-21)41-16(7-30)15-8-32-18(10-31-15)37(2)22(39)12-4-5-12/h6-12,30-31H,4-5H2,1-3H3,(H,33,34,35)/b16-15+,30-7?. The number of carbonyl (C=O) groups is 1. The van der Waals surface area contributed by atoms with Crippen LogP contribution < -0.4 is 20.9 Å². The summed E-state index contributed by atoms with van der Waals surface area (Å²) in [6, 6.07) is 0.700. The van der Waals surface area contributed by atoms with Gasteiger partial charge in [-0.05, 0) is 18.9 Å². The molecule has 3 aromatic rings. The maximum absolute atomic E-state index is 13.3. The van der Waals surface area contributed by atoms with Crippen molar-refractivity contribution in [1.82, 2.24) is 29.3 Å². The van der Waals surface area contributed by atoms with Crippen molar-refractivity contribution < 1.29 is 22.7 Å². The molecule has 3 N–H and O–H groups in total. The number of hydrogen-bond donors (Lipinski definition) is 3. The Labute approximate surface area is 235 Å². The zero-order valence-corrected chi connectivity index (χ0v) is 22.6. The first-order valence-corrected chi connectivity index (χ1v) is 12.5. The summed E-state index contributed by atoms with van der Waals surface area (Å²) in [5.41, 5.74) is -1.34. The Balaban J connectivity index is 1.41. The van der Waals surface area contributed by atoms with Gasteiger partial charge in [0.2, 0.25) is 11.9 Å². The number of imidazole rings is 1. The molecule has 0 aromatic carbocycles. The van der Waals surface area contributed by atoms with E-state index in [0.29, 0.717) is 23.8 Å². The van der Waals surface area contributed by atoms with Crippen LogP contribution in [0.3, 0.4) is 0 Å². The molecule has 0 radical (unpaired) electrons. The highest BCUT2D eigenvalue weighted by atomic mass is 35.5. The van der Waals surface area contributed by atoms with Crippen LogP contribution >= 0.6 is 11.6 Å². The largest absolute Gasteiger partial charge is 0.450 e. The Bertz CT molecular complexity index is 1740. The first kappa shape index (κ1) is 27.9. The lowest BCUT2D eigenvalue weighted by molar-refractivity contribution is -0.138. The molecule has 41 heavy (non-hydrogen) atoms. The van der Waals surface area contributed by atoms with E-state index < -0.39 is 17.3 Å². The van der Waals surface area contributed by atoms with E-state index in [0.717, 1.165) is 23.6 Å². The number of rotatable bonds is 7. The van der Waals surface area contributed by atoms with Gasteiger partial charge < -0.3 is 29.9 Å². The van der Waals surface area contributed by atoms with Gasteiger partial charge in [0.15, 0.2) is 23.0 Å². The topological polar surface area (TPSA) is 143 Å². The summed E-state index contributed by atoms with van der Waals surface area (Å²) in [7, 11) is 4.38. The number of carbonyl (C=O) groups excluding carboxylic acids is 1. The zero-order valence-electron chi connectivity index (χ0n) is 21.9. The van der Waals surface area contributed by atoms with Gasteiger partial charge in [0.1, 0.15) is 21.9 Å². The molecule has 0 saturated heterocycles. The van der Waals surface area contributed by atoms with Crippen LogP contribution in [0.5, 0.6) is 5.75 Å². The fourth-order valence-corrected chi connectivity index (χ4v) is 4.33. The van der Waals surface area contributed by atoms with E-state index in [1.807, 2.05) is 0 Å². The molecule has 2 aliphatic rings. The average molecular weight is 590 g/mol. The third-order valence-electron chi connectivity index (χ3n) is 6.46. The van der Waals surface area contributed by atoms with Crippen molar-refractivity contribution in [3.8, 4) is 5.75 Å². The van der Waals surface area contributed by atoms with E-state index in [-0.39, 0.29) is 51.2 Å². The van der Waals surface area contributed by atoms with E-state index in [1.165, 1.54) is 42.2 Å². The third-order valence-corrected chi connectivity index (χ3v) is 6.83. The van der Waals surface area contributed by atoms with Crippen molar-refractivity contribution in [1.29, 1.82) is 5.41 Å². The van der Waals surface area contributed by atoms with Crippen LogP contribution in [-0.2, 0) is 25.1 Å². The van der Waals surface area contributed by atoms with Crippen LogP contribution in [0.4, 0.5) is 24.8 Å². The number of aromatic nitrogens is 4. The highest BCUT2D eigenvalue weighted by molar-refractivity contribution is 6.36. The number of aryl methyl sites for hydroxylation is 2. The van der Waals surface area contributed by atoms with Gasteiger partial charge in [-0.3, -0.25) is 14.5 Å². The van der Waals surface area contributed by atoms with E-state index in [9.17, 15) is 22.8 Å². The second kappa shape index (κ2) is 10.4. The first-order valence-electron chi connectivity index (χ1n) is 12.2. The molecule has 12 nitrogen and oxygen atoms in total. The quantitative estimate of drug-likeness (QED) is 0.282. The van der Waals surface area contributed by atoms with Crippen molar-refractivity contribution in [2.75, 3.05) is 12.4 Å². The second-order valence-corrected chi connectivity index (χ2v) is 9.76. The monoisotopic (exact) mass is 589 g/mol. The molecular formula is C25H23ClF3N9O3. The Hall–Kier alpha value is -4.66. The fourth-order valence-electron chi connectivity index (χ4n) is 4.04. The van der Waals surface area contributed by atoms with Crippen LogP contribution in [0.2, 0.25) is 5.02 Å². The van der Waals surface area contributed by atoms with Crippen molar-refractivity contribution >= 4 is 52.7 Å². The molecule has 16 heteroatoms. The van der Waals surface area contributed by atoms with Gasteiger partial charge in [0.25, 0.3) is 5.56 Å². The van der Waals surface area contributed by atoms with Crippen molar-refractivity contribution in [3.05, 3.63) is 62.9 Å². The van der Waals surface area contributed by atoms with Crippen molar-refractivity contribution in [2.24, 2.45) is 25.0 Å². The minimum absolute atomic E-state index is 0.0113. The number of allylic oxidation sites excluding steroid dienone is 2. The van der Waals surface area contributed by atoms with Gasteiger partial charge in [0, 0.05) is 39.5 Å². The predicted octanol–water partition coefficient (Wildman–Crippen LogP) is 3.66. The molecule has 1 fully saturated rings. The van der Waals surface area contributed by atoms with Gasteiger partial charge in [-0.15, -0.1) is 0 Å². The van der Waals surface area contributed by atoms with Crippen molar-refractivity contribution in [2.45, 2.75) is 19.0 Å². The highest BCUT2D eigenvalue weighted by Crippen LogP contribution is 2.35. The third kappa shape index (κ3) is 5.39. The Morgan fingerprint density at radius 1 is 1.34 bits per heavy atom. The Kier molecular flexibility index (Phi) is 7.07. The van der Waals surface area contributed by atoms with Gasteiger partial charge in [-0.2, -0.15) is 18.2 Å². The lowest BCUT2D eigenvalue weighted by atomic mass is 10.2. The SMILES string of the molecule is CN(C(=O)C1CC1)C1=CN/C(=C(\C=N)Oc2cnc3nc(Nc4cc(C(F)(F)F)cn(C)c4=O)n(C)c3c2Cl)C=N1. The smallest absolute Gasteiger partial charge is 0.417 e. The normalized spacial score (nSPS) is 16.2. The molecule has 4 heterocycles. The molecule has 0 spiro atoms. The molecule has 1 amide bonds. The van der Waals surface area contributed by atoms with Crippen LogP contribution in [0.1, 0.15) is 18.4 Å². The minimum Gasteiger partial charge on any atom is -0.450 e.